The van der Waals surface area contributed by atoms with Crippen molar-refractivity contribution in [2.24, 2.45) is 5.92 Å². The summed E-state index contributed by atoms with van der Waals surface area (Å²) >= 11 is 0. The molecule has 0 fully saturated rings. The lowest BCUT2D eigenvalue weighted by atomic mass is 9.93. The Kier molecular flexibility index (Phi) is 7.47. The molecule has 2 atom stereocenters. The van der Waals surface area contributed by atoms with Gasteiger partial charge in [0.25, 0.3) is 5.56 Å². The van der Waals surface area contributed by atoms with Crippen molar-refractivity contribution in [3.8, 4) is 17.0 Å². The molecule has 0 radical (unpaired) electrons. The van der Waals surface area contributed by atoms with Crippen LogP contribution in [0.2, 0.25) is 0 Å². The van der Waals surface area contributed by atoms with Crippen molar-refractivity contribution >= 4 is 16.9 Å². The van der Waals surface area contributed by atoms with Gasteiger partial charge in [-0.1, -0.05) is 41.6 Å². The Labute approximate surface area is 201 Å². The number of nitrogens with zero attached hydrogens (tertiary/aromatic N) is 4. The van der Waals surface area contributed by atoms with Crippen molar-refractivity contribution in [2.45, 2.75) is 31.9 Å². The zero-order valence-corrected chi connectivity index (χ0v) is 19.2. The quantitative estimate of drug-likeness (QED) is 0.359. The number of fused-ring (bicyclic) bond motifs is 1. The first-order valence-electron chi connectivity index (χ1n) is 11.3. The molecule has 0 saturated heterocycles. The SMILES string of the molecule is COc1ccc(-c2ccc(CC[C@H](O)[C@H](CCn3nnc4ccccc4c3=O)C(=O)O)cc2)cn1. The van der Waals surface area contributed by atoms with Crippen LogP contribution in [0, 0.1) is 5.92 Å². The van der Waals surface area contributed by atoms with Gasteiger partial charge in [-0.2, -0.15) is 0 Å². The number of ether oxygens (including phenoxy) is 1. The Morgan fingerprint density at radius 3 is 2.46 bits per heavy atom. The van der Waals surface area contributed by atoms with E-state index >= 15 is 0 Å². The van der Waals surface area contributed by atoms with E-state index in [0.717, 1.165) is 21.4 Å². The lowest BCUT2D eigenvalue weighted by molar-refractivity contribution is -0.146. The fraction of sp³-hybridized carbons (Fsp3) is 0.269. The van der Waals surface area contributed by atoms with Crippen molar-refractivity contribution < 1.29 is 19.7 Å². The Balaban J connectivity index is 1.36. The lowest BCUT2D eigenvalue weighted by Crippen LogP contribution is -2.32. The molecule has 2 aromatic heterocycles. The lowest BCUT2D eigenvalue weighted by Gasteiger charge is -2.19. The van der Waals surface area contributed by atoms with E-state index in [1.165, 1.54) is 0 Å². The standard InChI is InChI=1S/C26H26N4O5/c1-35-24-13-11-19(16-27-24)18-9-6-17(7-10-18)8-12-23(31)21(26(33)34)14-15-30-25(32)20-4-2-3-5-22(20)28-29-30/h2-7,9-11,13,16,21,23,31H,8,12,14-15H2,1H3,(H,33,34)/t21-,23-/m0/s1. The molecule has 4 rings (SSSR count). The van der Waals surface area contributed by atoms with Crippen molar-refractivity contribution in [1.82, 2.24) is 20.0 Å². The Hall–Kier alpha value is -4.11. The molecular weight excluding hydrogens is 448 g/mol. The second-order valence-corrected chi connectivity index (χ2v) is 8.26. The molecule has 35 heavy (non-hydrogen) atoms. The van der Waals surface area contributed by atoms with Crippen LogP contribution >= 0.6 is 0 Å². The molecule has 0 aliphatic heterocycles. The van der Waals surface area contributed by atoms with E-state index in [1.807, 2.05) is 30.3 Å². The number of rotatable bonds is 10. The number of aromatic nitrogens is 4. The number of aliphatic hydroxyl groups is 1. The summed E-state index contributed by atoms with van der Waals surface area (Å²) in [6, 6.07) is 18.4. The van der Waals surface area contributed by atoms with Crippen molar-refractivity contribution in [3.63, 3.8) is 0 Å². The summed E-state index contributed by atoms with van der Waals surface area (Å²) in [6.07, 6.45) is 1.52. The zero-order chi connectivity index (χ0) is 24.8. The van der Waals surface area contributed by atoms with E-state index in [9.17, 15) is 19.8 Å². The van der Waals surface area contributed by atoms with Gasteiger partial charge in [-0.3, -0.25) is 9.59 Å². The number of benzene rings is 2. The van der Waals surface area contributed by atoms with Crippen LogP contribution < -0.4 is 10.3 Å². The maximum absolute atomic E-state index is 12.6. The molecule has 0 bridgehead atoms. The highest BCUT2D eigenvalue weighted by molar-refractivity contribution is 5.76. The van der Waals surface area contributed by atoms with Gasteiger partial charge in [0.05, 0.1) is 24.5 Å². The van der Waals surface area contributed by atoms with E-state index in [1.54, 1.807) is 43.6 Å². The van der Waals surface area contributed by atoms with Crippen LogP contribution in [0.25, 0.3) is 22.0 Å². The Morgan fingerprint density at radius 2 is 1.77 bits per heavy atom. The summed E-state index contributed by atoms with van der Waals surface area (Å²) in [6.45, 7) is 0.0509. The summed E-state index contributed by atoms with van der Waals surface area (Å²) < 4.78 is 6.23. The van der Waals surface area contributed by atoms with E-state index in [-0.39, 0.29) is 24.9 Å². The van der Waals surface area contributed by atoms with Crippen LogP contribution in [0.3, 0.4) is 0 Å². The number of pyridine rings is 1. The van der Waals surface area contributed by atoms with Crippen molar-refractivity contribution in [1.29, 1.82) is 0 Å². The van der Waals surface area contributed by atoms with Crippen LogP contribution in [0.4, 0.5) is 0 Å². The molecule has 0 aliphatic rings. The van der Waals surface area contributed by atoms with Gasteiger partial charge in [0.15, 0.2) is 0 Å². The van der Waals surface area contributed by atoms with E-state index < -0.39 is 18.0 Å². The van der Waals surface area contributed by atoms with Crippen LogP contribution in [-0.4, -0.2) is 49.4 Å². The monoisotopic (exact) mass is 474 g/mol. The predicted molar refractivity (Wildman–Crippen MR) is 130 cm³/mol. The molecular formula is C26H26N4O5. The summed E-state index contributed by atoms with van der Waals surface area (Å²) in [7, 11) is 1.57. The van der Waals surface area contributed by atoms with Crippen LogP contribution in [0.5, 0.6) is 5.88 Å². The number of aliphatic hydroxyl groups excluding tert-OH is 1. The van der Waals surface area contributed by atoms with E-state index in [0.29, 0.717) is 23.2 Å². The minimum Gasteiger partial charge on any atom is -0.481 e. The maximum atomic E-state index is 12.6. The Bertz CT molecular complexity index is 1350. The van der Waals surface area contributed by atoms with E-state index in [2.05, 4.69) is 15.3 Å². The number of methoxy groups -OCH3 is 1. The second kappa shape index (κ2) is 10.9. The third-order valence-corrected chi connectivity index (χ3v) is 6.02. The number of carboxylic acid groups (broad SMARTS) is 1. The molecule has 0 saturated carbocycles. The molecule has 2 heterocycles. The van der Waals surface area contributed by atoms with Gasteiger partial charge in [-0.15, -0.1) is 5.10 Å². The molecule has 0 amide bonds. The number of hydrogen-bond acceptors (Lipinski definition) is 7. The van der Waals surface area contributed by atoms with E-state index in [4.69, 9.17) is 4.74 Å². The highest BCUT2D eigenvalue weighted by atomic mass is 16.5. The van der Waals surface area contributed by atoms with Crippen molar-refractivity contribution in [2.75, 3.05) is 7.11 Å². The predicted octanol–water partition coefficient (Wildman–Crippen LogP) is 2.95. The molecule has 0 unspecified atom stereocenters. The van der Waals surface area contributed by atoms with Gasteiger partial charge >= 0.3 is 5.97 Å². The third kappa shape index (κ3) is 5.70. The minimum absolute atomic E-state index is 0.0509. The normalized spacial score (nSPS) is 12.9. The van der Waals surface area contributed by atoms with Gasteiger partial charge in [-0.05, 0) is 48.6 Å². The summed E-state index contributed by atoms with van der Waals surface area (Å²) in [5.74, 6) is -1.59. The number of hydrogen-bond donors (Lipinski definition) is 2. The summed E-state index contributed by atoms with van der Waals surface area (Å²) in [5, 5.41) is 28.6. The molecule has 9 heteroatoms. The van der Waals surface area contributed by atoms with Gasteiger partial charge in [0, 0.05) is 24.4 Å². The van der Waals surface area contributed by atoms with Gasteiger partial charge in [0.1, 0.15) is 5.52 Å². The highest BCUT2D eigenvalue weighted by Crippen LogP contribution is 2.22. The summed E-state index contributed by atoms with van der Waals surface area (Å²) in [5.41, 5.74) is 3.08. The molecule has 4 aromatic rings. The molecule has 0 spiro atoms. The van der Waals surface area contributed by atoms with Crippen molar-refractivity contribution in [3.05, 3.63) is 82.8 Å². The van der Waals surface area contributed by atoms with Gasteiger partial charge in [0.2, 0.25) is 5.88 Å². The first kappa shape index (κ1) is 24.0. The second-order valence-electron chi connectivity index (χ2n) is 8.26. The van der Waals surface area contributed by atoms with Gasteiger partial charge < -0.3 is 14.9 Å². The Morgan fingerprint density at radius 1 is 1.03 bits per heavy atom. The average molecular weight is 475 g/mol. The zero-order valence-electron chi connectivity index (χ0n) is 19.2. The number of carbonyl (C=O) groups is 1. The van der Waals surface area contributed by atoms with Crippen LogP contribution in [0.15, 0.2) is 71.7 Å². The first-order valence-corrected chi connectivity index (χ1v) is 11.3. The number of aliphatic carboxylic acids is 1. The fourth-order valence-electron chi connectivity index (χ4n) is 3.96. The molecule has 9 nitrogen and oxygen atoms in total. The highest BCUT2D eigenvalue weighted by Gasteiger charge is 2.26. The largest absolute Gasteiger partial charge is 0.481 e. The minimum atomic E-state index is -1.11. The average Bonchev–Trinajstić information content (AvgIpc) is 2.89. The van der Waals surface area contributed by atoms with Crippen LogP contribution in [-0.2, 0) is 17.8 Å². The number of carboxylic acids is 1. The third-order valence-electron chi connectivity index (χ3n) is 6.02. The summed E-state index contributed by atoms with van der Waals surface area (Å²) in [4.78, 5) is 28.6. The smallest absolute Gasteiger partial charge is 0.309 e. The topological polar surface area (TPSA) is 127 Å². The first-order chi connectivity index (χ1) is 17.0. The van der Waals surface area contributed by atoms with Gasteiger partial charge in [-0.25, -0.2) is 9.67 Å². The molecule has 2 aromatic carbocycles. The van der Waals surface area contributed by atoms with Crippen LogP contribution in [0.1, 0.15) is 18.4 Å². The number of aryl methyl sites for hydroxylation is 2. The maximum Gasteiger partial charge on any atom is 0.309 e. The molecule has 180 valence electrons. The molecule has 0 aliphatic carbocycles. The molecule has 2 N–H and O–H groups in total. The fourth-order valence-corrected chi connectivity index (χ4v) is 3.96.